The molecule has 0 spiro atoms. The number of H-pyrrole nitrogens is 1. The van der Waals surface area contributed by atoms with Gasteiger partial charge >= 0.3 is 12.0 Å². The van der Waals surface area contributed by atoms with E-state index in [9.17, 15) is 9.59 Å². The Morgan fingerprint density at radius 1 is 1.39 bits per heavy atom. The van der Waals surface area contributed by atoms with Crippen LogP contribution in [0.15, 0.2) is 24.3 Å². The number of amides is 2. The van der Waals surface area contributed by atoms with Gasteiger partial charge in [0.15, 0.2) is 0 Å². The first kappa shape index (κ1) is 15.4. The minimum Gasteiger partial charge on any atom is -0.481 e. The summed E-state index contributed by atoms with van der Waals surface area (Å²) in [6.07, 6.45) is 1.28. The Kier molecular flexibility index (Phi) is 4.23. The largest absolute Gasteiger partial charge is 0.481 e. The van der Waals surface area contributed by atoms with E-state index >= 15 is 0 Å². The third kappa shape index (κ3) is 3.16. The predicted octanol–water partition coefficient (Wildman–Crippen LogP) is 2.13. The number of benzene rings is 1. The highest BCUT2D eigenvalue weighted by molar-refractivity contribution is 5.84. The lowest BCUT2D eigenvalue weighted by Crippen LogP contribution is -2.39. The van der Waals surface area contributed by atoms with Crippen LogP contribution in [0.25, 0.3) is 10.9 Å². The van der Waals surface area contributed by atoms with E-state index in [4.69, 9.17) is 5.11 Å². The van der Waals surface area contributed by atoms with Crippen molar-refractivity contribution in [2.24, 2.45) is 5.92 Å². The Morgan fingerprint density at radius 2 is 2.17 bits per heavy atom. The average molecular weight is 315 g/mol. The number of carboxylic acid groups (broad SMARTS) is 1. The second-order valence-electron chi connectivity index (χ2n) is 6.03. The summed E-state index contributed by atoms with van der Waals surface area (Å²) in [4.78, 5) is 28.0. The molecule has 122 valence electrons. The highest BCUT2D eigenvalue weighted by atomic mass is 16.4. The number of aromatic amines is 1. The van der Waals surface area contributed by atoms with E-state index in [-0.39, 0.29) is 6.03 Å². The zero-order chi connectivity index (χ0) is 16.4. The van der Waals surface area contributed by atoms with Crippen molar-refractivity contribution >= 4 is 22.9 Å². The first-order valence-electron chi connectivity index (χ1n) is 7.88. The van der Waals surface area contributed by atoms with Crippen LogP contribution in [-0.4, -0.2) is 46.6 Å². The molecule has 1 fully saturated rings. The number of likely N-dealkylation sites (tertiary alicyclic amines) is 1. The van der Waals surface area contributed by atoms with Crippen molar-refractivity contribution in [1.29, 1.82) is 0 Å². The molecule has 1 aromatic carbocycles. The number of hydrogen-bond acceptors (Lipinski definition) is 2. The van der Waals surface area contributed by atoms with Crippen LogP contribution < -0.4 is 5.32 Å². The number of aliphatic carboxylic acids is 1. The van der Waals surface area contributed by atoms with E-state index in [2.05, 4.69) is 16.4 Å². The molecule has 1 aliphatic heterocycles. The number of carbonyl (C=O) groups is 2. The maximum Gasteiger partial charge on any atom is 0.317 e. The van der Waals surface area contributed by atoms with Crippen molar-refractivity contribution < 1.29 is 14.7 Å². The predicted molar refractivity (Wildman–Crippen MR) is 87.5 cm³/mol. The Bertz CT molecular complexity index is 738. The van der Waals surface area contributed by atoms with Gasteiger partial charge in [0.05, 0.1) is 5.92 Å². The number of carboxylic acids is 1. The van der Waals surface area contributed by atoms with Crippen molar-refractivity contribution in [3.8, 4) is 0 Å². The van der Waals surface area contributed by atoms with Crippen LogP contribution in [0.5, 0.6) is 0 Å². The van der Waals surface area contributed by atoms with Gasteiger partial charge in [0, 0.05) is 36.2 Å². The molecular weight excluding hydrogens is 294 g/mol. The fraction of sp³-hybridized carbons (Fsp3) is 0.412. The van der Waals surface area contributed by atoms with E-state index < -0.39 is 11.9 Å². The molecule has 3 rings (SSSR count). The van der Waals surface area contributed by atoms with E-state index in [1.807, 2.05) is 25.1 Å². The van der Waals surface area contributed by atoms with Crippen molar-refractivity contribution in [2.45, 2.75) is 19.8 Å². The molecule has 0 aliphatic carbocycles. The minimum absolute atomic E-state index is 0.175. The summed E-state index contributed by atoms with van der Waals surface area (Å²) >= 11 is 0. The minimum atomic E-state index is -0.824. The van der Waals surface area contributed by atoms with Crippen molar-refractivity contribution in [3.63, 3.8) is 0 Å². The Labute approximate surface area is 134 Å². The normalized spacial score (nSPS) is 17.6. The molecule has 3 N–H and O–H groups in total. The molecule has 0 bridgehead atoms. The number of para-hydroxylation sites is 1. The molecule has 6 heteroatoms. The summed E-state index contributed by atoms with van der Waals surface area (Å²) in [6, 6.07) is 7.95. The second kappa shape index (κ2) is 6.32. The summed E-state index contributed by atoms with van der Waals surface area (Å²) in [5, 5.41) is 13.1. The molecule has 1 aromatic heterocycles. The van der Waals surface area contributed by atoms with Gasteiger partial charge in [-0.1, -0.05) is 18.2 Å². The number of urea groups is 1. The Morgan fingerprint density at radius 3 is 2.91 bits per heavy atom. The molecule has 6 nitrogen and oxygen atoms in total. The first-order chi connectivity index (χ1) is 11.1. The van der Waals surface area contributed by atoms with E-state index in [1.54, 1.807) is 4.90 Å². The molecule has 1 aliphatic rings. The highest BCUT2D eigenvalue weighted by Crippen LogP contribution is 2.22. The van der Waals surface area contributed by atoms with Crippen LogP contribution in [0.4, 0.5) is 4.79 Å². The molecule has 23 heavy (non-hydrogen) atoms. The maximum atomic E-state index is 12.1. The van der Waals surface area contributed by atoms with E-state index in [0.717, 1.165) is 17.6 Å². The zero-order valence-electron chi connectivity index (χ0n) is 13.1. The van der Waals surface area contributed by atoms with Gasteiger partial charge in [-0.05, 0) is 31.4 Å². The van der Waals surface area contributed by atoms with Gasteiger partial charge in [0.1, 0.15) is 0 Å². The van der Waals surface area contributed by atoms with Gasteiger partial charge in [0.2, 0.25) is 0 Å². The topological polar surface area (TPSA) is 85.4 Å². The van der Waals surface area contributed by atoms with Crippen LogP contribution in [0.1, 0.15) is 17.7 Å². The van der Waals surface area contributed by atoms with Gasteiger partial charge < -0.3 is 20.3 Å². The zero-order valence-corrected chi connectivity index (χ0v) is 13.1. The summed E-state index contributed by atoms with van der Waals surface area (Å²) in [5.74, 6) is -1.26. The molecular formula is C17H21N3O3. The fourth-order valence-corrected chi connectivity index (χ4v) is 3.21. The number of fused-ring (bicyclic) bond motifs is 1. The summed E-state index contributed by atoms with van der Waals surface area (Å²) in [6.45, 7) is 3.38. The van der Waals surface area contributed by atoms with Crippen molar-refractivity contribution in [3.05, 3.63) is 35.5 Å². The maximum absolute atomic E-state index is 12.1. The standard InChI is InChI=1S/C17H21N3O3/c1-11-13(14-4-2-3-5-15(14)19-11)6-8-18-17(23)20-9-7-12(10-20)16(21)22/h2-5,12,19H,6-10H2,1H3,(H,18,23)(H,21,22). The van der Waals surface area contributed by atoms with Gasteiger partial charge in [-0.2, -0.15) is 0 Å². The third-order valence-electron chi connectivity index (χ3n) is 4.50. The van der Waals surface area contributed by atoms with Gasteiger partial charge in [-0.15, -0.1) is 0 Å². The number of aromatic nitrogens is 1. The number of carbonyl (C=O) groups excluding carboxylic acids is 1. The second-order valence-corrected chi connectivity index (χ2v) is 6.03. The molecule has 2 heterocycles. The van der Waals surface area contributed by atoms with Crippen molar-refractivity contribution in [2.75, 3.05) is 19.6 Å². The lowest BCUT2D eigenvalue weighted by Gasteiger charge is -2.16. The highest BCUT2D eigenvalue weighted by Gasteiger charge is 2.30. The smallest absolute Gasteiger partial charge is 0.317 e. The molecule has 2 amide bonds. The van der Waals surface area contributed by atoms with E-state index in [1.165, 1.54) is 10.9 Å². The van der Waals surface area contributed by atoms with E-state index in [0.29, 0.717) is 26.1 Å². The molecule has 1 atom stereocenters. The molecule has 2 aromatic rings. The third-order valence-corrected chi connectivity index (χ3v) is 4.50. The number of nitrogens with one attached hydrogen (secondary N) is 2. The quantitative estimate of drug-likeness (QED) is 0.808. The van der Waals surface area contributed by atoms with Crippen LogP contribution in [0.2, 0.25) is 0 Å². The Balaban J connectivity index is 1.56. The van der Waals surface area contributed by atoms with Gasteiger partial charge in [-0.25, -0.2) is 4.79 Å². The van der Waals surface area contributed by atoms with Crippen molar-refractivity contribution in [1.82, 2.24) is 15.2 Å². The number of nitrogens with zero attached hydrogens (tertiary/aromatic N) is 1. The number of hydrogen-bond donors (Lipinski definition) is 3. The molecule has 0 radical (unpaired) electrons. The average Bonchev–Trinajstić information content (AvgIpc) is 3.12. The molecule has 0 saturated carbocycles. The van der Waals surface area contributed by atoms with Crippen LogP contribution >= 0.6 is 0 Å². The molecule has 1 unspecified atom stereocenters. The van der Waals surface area contributed by atoms with Crippen LogP contribution in [0, 0.1) is 12.8 Å². The number of rotatable bonds is 4. The SMILES string of the molecule is Cc1[nH]c2ccccc2c1CCNC(=O)N1CCC(C(=O)O)C1. The van der Waals surface area contributed by atoms with Gasteiger partial charge in [-0.3, -0.25) is 4.79 Å². The lowest BCUT2D eigenvalue weighted by atomic mass is 10.1. The summed E-state index contributed by atoms with van der Waals surface area (Å²) in [7, 11) is 0. The molecule has 1 saturated heterocycles. The lowest BCUT2D eigenvalue weighted by molar-refractivity contribution is -0.141. The van der Waals surface area contributed by atoms with Gasteiger partial charge in [0.25, 0.3) is 0 Å². The Hall–Kier alpha value is -2.50. The summed E-state index contributed by atoms with van der Waals surface area (Å²) in [5.41, 5.74) is 3.44. The summed E-state index contributed by atoms with van der Waals surface area (Å²) < 4.78 is 0. The fourth-order valence-electron chi connectivity index (χ4n) is 3.21. The first-order valence-corrected chi connectivity index (χ1v) is 7.88. The van der Waals surface area contributed by atoms with Crippen LogP contribution in [-0.2, 0) is 11.2 Å². The number of aryl methyl sites for hydroxylation is 1. The monoisotopic (exact) mass is 315 g/mol. The van der Waals surface area contributed by atoms with Crippen LogP contribution in [0.3, 0.4) is 0 Å².